The second-order valence-electron chi connectivity index (χ2n) is 3.41. The molecule has 2 heterocycles. The van der Waals surface area contributed by atoms with Crippen LogP contribution in [0.5, 0.6) is 0 Å². The number of hydrogen-bond acceptors (Lipinski definition) is 5. The Morgan fingerprint density at radius 3 is 2.78 bits per heavy atom. The van der Waals surface area contributed by atoms with Gasteiger partial charge in [-0.25, -0.2) is 9.97 Å². The Balaban J connectivity index is 2.21. The number of amides is 1. The van der Waals surface area contributed by atoms with Gasteiger partial charge in [0.05, 0.1) is 11.1 Å². The minimum absolute atomic E-state index is 0.253. The van der Waals surface area contributed by atoms with Gasteiger partial charge in [0.1, 0.15) is 9.21 Å². The van der Waals surface area contributed by atoms with E-state index in [4.69, 9.17) is 5.73 Å². The fourth-order valence-corrected chi connectivity index (χ4v) is 2.95. The smallest absolute Gasteiger partial charge is 0.267 e. The lowest BCUT2D eigenvalue weighted by Crippen LogP contribution is -2.12. The van der Waals surface area contributed by atoms with E-state index < -0.39 is 0 Å². The predicted molar refractivity (Wildman–Crippen MR) is 78.9 cm³/mol. The van der Waals surface area contributed by atoms with Crippen molar-refractivity contribution in [2.24, 2.45) is 0 Å². The number of rotatable bonds is 2. The van der Waals surface area contributed by atoms with E-state index in [9.17, 15) is 4.79 Å². The van der Waals surface area contributed by atoms with Crippen molar-refractivity contribution in [2.75, 3.05) is 11.1 Å². The topological polar surface area (TPSA) is 80.9 Å². The average Bonchev–Trinajstić information content (AvgIpc) is 2.63. The fourth-order valence-electron chi connectivity index (χ4n) is 1.21. The van der Waals surface area contributed by atoms with Crippen LogP contribution >= 0.6 is 43.2 Å². The van der Waals surface area contributed by atoms with E-state index in [2.05, 4.69) is 47.1 Å². The molecule has 0 spiro atoms. The normalized spacial score (nSPS) is 10.4. The maximum Gasteiger partial charge on any atom is 0.267 e. The quantitative estimate of drug-likeness (QED) is 0.823. The molecular weight excluding hydrogens is 384 g/mol. The SMILES string of the molecule is Cc1sc(C(=O)Nc2ncc(Br)nc2Br)cc1N. The summed E-state index contributed by atoms with van der Waals surface area (Å²) in [6.07, 6.45) is 1.51. The first-order valence-electron chi connectivity index (χ1n) is 4.82. The first-order valence-corrected chi connectivity index (χ1v) is 7.23. The van der Waals surface area contributed by atoms with Crippen LogP contribution in [0.15, 0.2) is 21.5 Å². The largest absolute Gasteiger partial charge is 0.398 e. The number of aryl methyl sites for hydroxylation is 1. The van der Waals surface area contributed by atoms with Gasteiger partial charge in [-0.15, -0.1) is 11.3 Å². The molecule has 0 bridgehead atoms. The summed E-state index contributed by atoms with van der Waals surface area (Å²) in [6, 6.07) is 1.65. The van der Waals surface area contributed by atoms with Crippen LogP contribution < -0.4 is 11.1 Å². The van der Waals surface area contributed by atoms with Crippen LogP contribution in [0.25, 0.3) is 0 Å². The van der Waals surface area contributed by atoms with Gasteiger partial charge >= 0.3 is 0 Å². The van der Waals surface area contributed by atoms with Crippen molar-refractivity contribution < 1.29 is 4.79 Å². The van der Waals surface area contributed by atoms with E-state index in [1.54, 1.807) is 6.07 Å². The van der Waals surface area contributed by atoms with E-state index in [0.29, 0.717) is 25.6 Å². The molecule has 0 aliphatic carbocycles. The molecule has 2 aromatic rings. The van der Waals surface area contributed by atoms with Crippen LogP contribution in [0.1, 0.15) is 14.5 Å². The summed E-state index contributed by atoms with van der Waals surface area (Å²) in [7, 11) is 0. The molecule has 2 aromatic heterocycles. The number of carbonyl (C=O) groups is 1. The van der Waals surface area contributed by atoms with Crippen LogP contribution in [0, 0.1) is 6.92 Å². The molecule has 94 valence electrons. The maximum absolute atomic E-state index is 12.0. The molecule has 0 fully saturated rings. The number of nitrogens with zero attached hydrogens (tertiary/aromatic N) is 2. The highest BCUT2D eigenvalue weighted by Gasteiger charge is 2.13. The molecule has 5 nitrogen and oxygen atoms in total. The van der Waals surface area contributed by atoms with Crippen LogP contribution in [0.3, 0.4) is 0 Å². The first kappa shape index (κ1) is 13.4. The highest BCUT2D eigenvalue weighted by molar-refractivity contribution is 9.11. The van der Waals surface area contributed by atoms with Gasteiger partial charge < -0.3 is 11.1 Å². The lowest BCUT2D eigenvalue weighted by molar-refractivity contribution is 0.103. The summed E-state index contributed by atoms with van der Waals surface area (Å²) in [5, 5.41) is 2.67. The number of aromatic nitrogens is 2. The molecule has 0 aliphatic heterocycles. The Morgan fingerprint density at radius 1 is 1.50 bits per heavy atom. The number of nitrogen functional groups attached to an aromatic ring is 1. The molecule has 0 atom stereocenters. The van der Waals surface area contributed by atoms with Crippen molar-refractivity contribution in [3.05, 3.63) is 31.2 Å². The number of nitrogens with one attached hydrogen (secondary N) is 1. The second-order valence-corrected chi connectivity index (χ2v) is 6.23. The van der Waals surface area contributed by atoms with Crippen LogP contribution in [-0.4, -0.2) is 15.9 Å². The number of anilines is 2. The molecule has 0 saturated carbocycles. The second kappa shape index (κ2) is 5.33. The van der Waals surface area contributed by atoms with Gasteiger partial charge in [0, 0.05) is 10.6 Å². The van der Waals surface area contributed by atoms with E-state index >= 15 is 0 Å². The zero-order chi connectivity index (χ0) is 13.3. The van der Waals surface area contributed by atoms with Gasteiger partial charge in [-0.2, -0.15) is 0 Å². The van der Waals surface area contributed by atoms with Crippen molar-refractivity contribution in [3.8, 4) is 0 Å². The molecule has 1 amide bonds. The predicted octanol–water partition coefficient (Wildman–Crippen LogP) is 3.21. The van der Waals surface area contributed by atoms with Crippen molar-refractivity contribution in [2.45, 2.75) is 6.92 Å². The summed E-state index contributed by atoms with van der Waals surface area (Å²) in [6.45, 7) is 1.87. The molecule has 0 aliphatic rings. The highest BCUT2D eigenvalue weighted by Crippen LogP contribution is 2.25. The van der Waals surface area contributed by atoms with Gasteiger partial charge in [-0.1, -0.05) is 0 Å². The maximum atomic E-state index is 12.0. The van der Waals surface area contributed by atoms with Gasteiger partial charge in [-0.05, 0) is 44.8 Å². The molecule has 0 radical (unpaired) electrons. The van der Waals surface area contributed by atoms with Gasteiger partial charge in [0.2, 0.25) is 0 Å². The average molecular weight is 392 g/mol. The molecule has 18 heavy (non-hydrogen) atoms. The Hall–Kier alpha value is -0.990. The molecule has 0 aromatic carbocycles. The van der Waals surface area contributed by atoms with Crippen LogP contribution in [0.2, 0.25) is 0 Å². The minimum Gasteiger partial charge on any atom is -0.398 e. The first-order chi connectivity index (χ1) is 8.47. The summed E-state index contributed by atoms with van der Waals surface area (Å²) >= 11 is 7.76. The lowest BCUT2D eigenvalue weighted by Gasteiger charge is -2.04. The van der Waals surface area contributed by atoms with E-state index in [-0.39, 0.29) is 5.91 Å². The Kier molecular flexibility index (Phi) is 3.98. The third-order valence-corrected chi connectivity index (χ3v) is 4.11. The summed E-state index contributed by atoms with van der Waals surface area (Å²) in [5.41, 5.74) is 6.33. The zero-order valence-corrected chi connectivity index (χ0v) is 13.2. The van der Waals surface area contributed by atoms with Gasteiger partial charge in [0.15, 0.2) is 5.82 Å². The number of halogens is 2. The molecule has 2 rings (SSSR count). The summed E-state index contributed by atoms with van der Waals surface area (Å²) in [4.78, 5) is 21.6. The van der Waals surface area contributed by atoms with Crippen molar-refractivity contribution >= 4 is 60.6 Å². The molecule has 8 heteroatoms. The number of nitrogens with two attached hydrogens (primary N) is 1. The Morgan fingerprint density at radius 2 is 2.22 bits per heavy atom. The standard InChI is InChI=1S/C10H8Br2N4OS/c1-4-5(13)2-6(18-4)10(17)16-9-8(12)15-7(11)3-14-9/h2-3H,13H2,1H3,(H,14,16,17). The minimum atomic E-state index is -0.253. The highest BCUT2D eigenvalue weighted by atomic mass is 79.9. The van der Waals surface area contributed by atoms with Gasteiger partial charge in [-0.3, -0.25) is 4.79 Å². The summed E-state index contributed by atoms with van der Waals surface area (Å²) < 4.78 is 1.05. The Labute approximate surface area is 124 Å². The van der Waals surface area contributed by atoms with E-state index in [1.807, 2.05) is 6.92 Å². The van der Waals surface area contributed by atoms with Crippen molar-refractivity contribution in [3.63, 3.8) is 0 Å². The number of carbonyl (C=O) groups excluding carboxylic acids is 1. The summed E-state index contributed by atoms with van der Waals surface area (Å²) in [5.74, 6) is 0.116. The van der Waals surface area contributed by atoms with E-state index in [0.717, 1.165) is 4.88 Å². The molecular formula is C10H8Br2N4OS. The molecule has 0 unspecified atom stereocenters. The van der Waals surface area contributed by atoms with E-state index in [1.165, 1.54) is 17.5 Å². The van der Waals surface area contributed by atoms with Crippen LogP contribution in [0.4, 0.5) is 11.5 Å². The van der Waals surface area contributed by atoms with Crippen LogP contribution in [-0.2, 0) is 0 Å². The third kappa shape index (κ3) is 2.88. The van der Waals surface area contributed by atoms with Gasteiger partial charge in [0.25, 0.3) is 5.91 Å². The monoisotopic (exact) mass is 390 g/mol. The van der Waals surface area contributed by atoms with Crippen molar-refractivity contribution in [1.29, 1.82) is 0 Å². The van der Waals surface area contributed by atoms with Crippen molar-refractivity contribution in [1.82, 2.24) is 9.97 Å². The third-order valence-electron chi connectivity index (χ3n) is 2.11. The Bertz CT molecular complexity index is 594. The number of thiophene rings is 1. The number of hydrogen-bond donors (Lipinski definition) is 2. The molecule has 3 N–H and O–H groups in total. The lowest BCUT2D eigenvalue weighted by atomic mass is 10.3. The molecule has 0 saturated heterocycles. The zero-order valence-electron chi connectivity index (χ0n) is 9.20. The fraction of sp³-hybridized carbons (Fsp3) is 0.100.